The smallest absolute Gasteiger partial charge is 0.333 e. The van der Waals surface area contributed by atoms with Crippen molar-refractivity contribution in [2.45, 2.75) is 48.5 Å². The highest BCUT2D eigenvalue weighted by Crippen LogP contribution is 2.50. The first-order chi connectivity index (χ1) is 36.1. The van der Waals surface area contributed by atoms with Gasteiger partial charge in [-0.2, -0.15) is 0 Å². The summed E-state index contributed by atoms with van der Waals surface area (Å²) in [5.41, 5.74) is 33.2. The van der Waals surface area contributed by atoms with Gasteiger partial charge in [0.25, 0.3) is 0 Å². The molecule has 0 bridgehead atoms. The van der Waals surface area contributed by atoms with E-state index in [2.05, 4.69) is 252 Å². The molecule has 4 heterocycles. The van der Waals surface area contributed by atoms with Crippen LogP contribution in [0.5, 0.6) is 0 Å². The van der Waals surface area contributed by atoms with Crippen LogP contribution in [-0.4, -0.2) is 15.9 Å². The Morgan fingerprint density at radius 3 is 1.53 bits per heavy atom. The van der Waals surface area contributed by atoms with Crippen LogP contribution >= 0.6 is 0 Å². The molecular formula is C71H53BN2. The second-order valence-corrected chi connectivity index (χ2v) is 21.6. The Kier molecular flexibility index (Phi) is 9.10. The fourth-order valence-electron chi connectivity index (χ4n) is 13.9. The first-order valence-corrected chi connectivity index (χ1v) is 26.3. The molecule has 0 atom stereocenters. The number of aromatic nitrogens is 2. The third-order valence-corrected chi connectivity index (χ3v) is 17.1. The quantitative estimate of drug-likeness (QED) is 0.152. The Labute approximate surface area is 432 Å². The van der Waals surface area contributed by atoms with Gasteiger partial charge in [0.15, 0.2) is 0 Å². The largest absolute Gasteiger partial charge is 0.375 e. The molecule has 0 radical (unpaired) electrons. The summed E-state index contributed by atoms with van der Waals surface area (Å²) < 4.78 is 5.46. The van der Waals surface area contributed by atoms with E-state index >= 15 is 0 Å². The van der Waals surface area contributed by atoms with E-state index in [1.54, 1.807) is 0 Å². The first-order valence-electron chi connectivity index (χ1n) is 26.3. The Hall–Kier alpha value is -8.66. The number of hydrogen-bond acceptors (Lipinski definition) is 0. The summed E-state index contributed by atoms with van der Waals surface area (Å²) in [4.78, 5) is 0. The highest BCUT2D eigenvalue weighted by molar-refractivity contribution is 6.90. The van der Waals surface area contributed by atoms with Crippen molar-refractivity contribution in [1.82, 2.24) is 9.05 Å². The maximum absolute atomic E-state index is 2.76. The van der Waals surface area contributed by atoms with E-state index in [1.165, 1.54) is 177 Å². The lowest BCUT2D eigenvalue weighted by atomic mass is 9.45. The van der Waals surface area contributed by atoms with Crippen LogP contribution in [0.2, 0.25) is 0 Å². The summed E-state index contributed by atoms with van der Waals surface area (Å²) in [7, 11) is 0. The zero-order chi connectivity index (χ0) is 49.8. The molecule has 0 spiro atoms. The summed E-state index contributed by atoms with van der Waals surface area (Å²) >= 11 is 0. The second-order valence-electron chi connectivity index (χ2n) is 21.6. The third kappa shape index (κ3) is 5.95. The lowest BCUT2D eigenvalue weighted by Crippen LogP contribution is -2.55. The molecule has 74 heavy (non-hydrogen) atoms. The van der Waals surface area contributed by atoms with Gasteiger partial charge in [-0.15, -0.1) is 0 Å². The van der Waals surface area contributed by atoms with Gasteiger partial charge in [0.1, 0.15) is 0 Å². The molecule has 2 aliphatic rings. The summed E-state index contributed by atoms with van der Waals surface area (Å²) in [6, 6.07) is 74.5. The van der Waals surface area contributed by atoms with Gasteiger partial charge >= 0.3 is 6.85 Å². The van der Waals surface area contributed by atoms with Gasteiger partial charge < -0.3 is 9.05 Å². The van der Waals surface area contributed by atoms with Crippen molar-refractivity contribution >= 4 is 72.2 Å². The average Bonchev–Trinajstić information content (AvgIpc) is 4.12. The van der Waals surface area contributed by atoms with Gasteiger partial charge in [-0.05, 0) is 202 Å². The van der Waals surface area contributed by atoms with Crippen molar-refractivity contribution in [3.63, 3.8) is 0 Å². The van der Waals surface area contributed by atoms with Crippen molar-refractivity contribution in [3.8, 4) is 72.4 Å². The molecular weight excluding hydrogens is 892 g/mol. The maximum Gasteiger partial charge on any atom is 0.333 e. The molecule has 3 heteroatoms. The molecule has 0 N–H and O–H groups in total. The topological polar surface area (TPSA) is 9.86 Å². The van der Waals surface area contributed by atoms with Crippen LogP contribution in [0.4, 0.5) is 0 Å². The number of hydrogen-bond donors (Lipinski definition) is 0. The number of nitrogens with zero attached hydrogens (tertiary/aromatic N) is 2. The van der Waals surface area contributed by atoms with E-state index < -0.39 is 0 Å². The minimum absolute atomic E-state index is 0.126. The van der Waals surface area contributed by atoms with E-state index in [9.17, 15) is 0 Å². The van der Waals surface area contributed by atoms with Crippen LogP contribution in [0.25, 0.3) is 127 Å². The van der Waals surface area contributed by atoms with Gasteiger partial charge in [-0.25, -0.2) is 0 Å². The highest BCUT2D eigenvalue weighted by Gasteiger charge is 2.43. The molecule has 2 aromatic heterocycles. The Morgan fingerprint density at radius 1 is 0.338 bits per heavy atom. The Morgan fingerprint density at radius 2 is 0.878 bits per heavy atom. The van der Waals surface area contributed by atoms with Crippen LogP contribution in [0.1, 0.15) is 38.9 Å². The second kappa shape index (κ2) is 15.7. The van der Waals surface area contributed by atoms with Crippen LogP contribution in [0.15, 0.2) is 194 Å². The lowest BCUT2D eigenvalue weighted by Gasteiger charge is -2.36. The summed E-state index contributed by atoms with van der Waals surface area (Å²) in [5, 5.41) is 7.72. The Balaban J connectivity index is 1.19. The van der Waals surface area contributed by atoms with Crippen molar-refractivity contribution in [2.24, 2.45) is 0 Å². The van der Waals surface area contributed by atoms with Gasteiger partial charge in [0, 0.05) is 43.8 Å². The van der Waals surface area contributed by atoms with E-state index in [0.717, 1.165) is 0 Å². The van der Waals surface area contributed by atoms with Crippen molar-refractivity contribution in [2.75, 3.05) is 0 Å². The van der Waals surface area contributed by atoms with Crippen LogP contribution in [0.3, 0.4) is 0 Å². The number of fused-ring (bicyclic) bond motifs is 12. The molecule has 0 saturated heterocycles. The lowest BCUT2D eigenvalue weighted by molar-refractivity contribution is 1.17. The molecule has 2 aliphatic heterocycles. The summed E-state index contributed by atoms with van der Waals surface area (Å²) in [5.74, 6) is 0. The predicted octanol–water partition coefficient (Wildman–Crippen LogP) is 17.5. The van der Waals surface area contributed by atoms with Crippen LogP contribution in [0, 0.1) is 48.5 Å². The molecule has 0 fully saturated rings. The first kappa shape index (κ1) is 43.0. The molecule has 350 valence electrons. The zero-order valence-corrected chi connectivity index (χ0v) is 42.9. The zero-order valence-electron chi connectivity index (χ0n) is 42.9. The fourth-order valence-corrected chi connectivity index (χ4v) is 13.9. The van der Waals surface area contributed by atoms with Gasteiger partial charge in [-0.3, -0.25) is 0 Å². The molecule has 0 unspecified atom stereocenters. The average molecular weight is 945 g/mol. The van der Waals surface area contributed by atoms with Gasteiger partial charge in [-0.1, -0.05) is 163 Å². The molecule has 15 rings (SSSR count). The molecule has 2 nitrogen and oxygen atoms in total. The molecule has 0 saturated carbocycles. The van der Waals surface area contributed by atoms with E-state index in [4.69, 9.17) is 0 Å². The minimum atomic E-state index is -0.126. The molecule has 0 aliphatic carbocycles. The predicted molar refractivity (Wildman–Crippen MR) is 317 cm³/mol. The summed E-state index contributed by atoms with van der Waals surface area (Å²) in [6.07, 6.45) is 0. The van der Waals surface area contributed by atoms with Crippen LogP contribution < -0.4 is 10.9 Å². The van der Waals surface area contributed by atoms with E-state index in [-0.39, 0.29) is 6.85 Å². The SMILES string of the molecule is Cc1cc(C)cc(-c2cc3c4c(c2C)-c2cc(-c5ccccc5C)cc5c6cc(-c7ccccc7C)ccc6n(c25)B4c2cc(-c4ccccc4C)cc4c5c6ccccc6c(-c6ccccc6C)cc5n-3c24)c1. The third-order valence-electron chi connectivity index (χ3n) is 17.1. The summed E-state index contributed by atoms with van der Waals surface area (Å²) in [6.45, 7) is 15.8. The fraction of sp³-hybridized carbons (Fsp3) is 0.0986. The highest BCUT2D eigenvalue weighted by atomic mass is 15.0. The number of benzene rings is 11. The van der Waals surface area contributed by atoms with Crippen molar-refractivity contribution in [3.05, 3.63) is 233 Å². The molecule has 13 aromatic rings. The van der Waals surface area contributed by atoms with Gasteiger partial charge in [0.2, 0.25) is 0 Å². The monoisotopic (exact) mass is 944 g/mol. The molecule has 0 amide bonds. The standard InChI is InChI=1S/C71H53BN2/c1-40-30-41(2)32-48(31-40)57-38-66-69-67(46(57)7)61-35-49(52-23-13-9-19-43(52)4)34-60-59-33-47(51-22-12-8-18-42(51)3)28-29-64(59)74(70(60)61)72(69)63-37-50(53-24-14-10-20-44(53)5)36-62-68-56-27-17-16-26-55(56)58(39-65(68)73(66)71(62)63)54-25-15-11-21-45(54)6/h8-39H,1-7H3. The number of rotatable bonds is 5. The van der Waals surface area contributed by atoms with E-state index in [0.29, 0.717) is 0 Å². The van der Waals surface area contributed by atoms with E-state index in [1.807, 2.05) is 0 Å². The van der Waals surface area contributed by atoms with Crippen molar-refractivity contribution < 1.29 is 0 Å². The Bertz CT molecular complexity index is 4610. The molecule has 11 aromatic carbocycles. The maximum atomic E-state index is 2.76. The van der Waals surface area contributed by atoms with Crippen molar-refractivity contribution in [1.29, 1.82) is 0 Å². The minimum Gasteiger partial charge on any atom is -0.375 e. The van der Waals surface area contributed by atoms with Gasteiger partial charge in [0.05, 0.1) is 11.0 Å². The number of aryl methyl sites for hydroxylation is 6. The normalized spacial score (nSPS) is 12.5. The van der Waals surface area contributed by atoms with Crippen LogP contribution in [-0.2, 0) is 0 Å².